The van der Waals surface area contributed by atoms with Crippen LogP contribution in [0.25, 0.3) is 0 Å². The molecule has 2 heterocycles. The fraction of sp³-hybridized carbons (Fsp3) is 0.600. The van der Waals surface area contributed by atoms with Crippen molar-refractivity contribution >= 4 is 11.6 Å². The van der Waals surface area contributed by atoms with Gasteiger partial charge in [-0.1, -0.05) is 0 Å². The summed E-state index contributed by atoms with van der Waals surface area (Å²) in [5.41, 5.74) is 0.197. The Kier molecular flexibility index (Phi) is 3.74. The highest BCUT2D eigenvalue weighted by atomic mass is 19.3. The van der Waals surface area contributed by atoms with Crippen molar-refractivity contribution in [2.24, 2.45) is 0 Å². The second-order valence-corrected chi connectivity index (χ2v) is 4.32. The minimum Gasteiger partial charge on any atom is -0.322 e. The zero-order valence-corrected chi connectivity index (χ0v) is 9.75. The highest BCUT2D eigenvalue weighted by molar-refractivity contribution is 5.94. The van der Waals surface area contributed by atoms with Crippen LogP contribution in [0.5, 0.6) is 0 Å². The van der Waals surface area contributed by atoms with Gasteiger partial charge in [-0.15, -0.1) is 0 Å². The van der Waals surface area contributed by atoms with Crippen molar-refractivity contribution in [1.82, 2.24) is 15.1 Å². The standard InChI is InChI=1S/C10H12F4N4O/c11-8(12)4-18-3-6(2-16-18)17-9(19)7-1-10(13,14)5-15-7/h2-3,7-8,15H,1,4-5H2,(H,17,19). The molecule has 0 aliphatic carbocycles. The van der Waals surface area contributed by atoms with E-state index in [0.717, 1.165) is 4.68 Å². The third kappa shape index (κ3) is 3.66. The van der Waals surface area contributed by atoms with E-state index in [2.05, 4.69) is 15.7 Å². The number of rotatable bonds is 4. The van der Waals surface area contributed by atoms with Crippen molar-refractivity contribution < 1.29 is 22.4 Å². The Labute approximate surface area is 106 Å². The maximum atomic E-state index is 12.9. The second-order valence-electron chi connectivity index (χ2n) is 4.32. The van der Waals surface area contributed by atoms with Crippen LogP contribution in [0.1, 0.15) is 6.42 Å². The van der Waals surface area contributed by atoms with E-state index in [4.69, 9.17) is 0 Å². The van der Waals surface area contributed by atoms with Crippen LogP contribution in [-0.2, 0) is 11.3 Å². The molecular weight excluding hydrogens is 268 g/mol. The molecule has 0 spiro atoms. The molecule has 5 nitrogen and oxygen atoms in total. The summed E-state index contributed by atoms with van der Waals surface area (Å²) in [6.45, 7) is -1.13. The largest absolute Gasteiger partial charge is 0.322 e. The summed E-state index contributed by atoms with van der Waals surface area (Å²) in [7, 11) is 0. The van der Waals surface area contributed by atoms with E-state index < -0.39 is 43.8 Å². The number of aromatic nitrogens is 2. The Hall–Kier alpha value is -1.64. The summed E-state index contributed by atoms with van der Waals surface area (Å²) in [6.07, 6.45) is -0.729. The maximum Gasteiger partial charge on any atom is 0.262 e. The Morgan fingerprint density at radius 3 is 2.95 bits per heavy atom. The van der Waals surface area contributed by atoms with Gasteiger partial charge >= 0.3 is 0 Å². The lowest BCUT2D eigenvalue weighted by atomic mass is 10.2. The molecule has 9 heteroatoms. The predicted molar refractivity (Wildman–Crippen MR) is 58.2 cm³/mol. The molecule has 1 aliphatic rings. The van der Waals surface area contributed by atoms with Crippen molar-refractivity contribution in [2.45, 2.75) is 31.4 Å². The number of halogens is 4. The monoisotopic (exact) mass is 280 g/mol. The van der Waals surface area contributed by atoms with Gasteiger partial charge < -0.3 is 5.32 Å². The second kappa shape index (κ2) is 5.16. The molecule has 1 aliphatic heterocycles. The van der Waals surface area contributed by atoms with Crippen LogP contribution in [0.2, 0.25) is 0 Å². The molecule has 19 heavy (non-hydrogen) atoms. The number of amides is 1. The minimum absolute atomic E-state index is 0.197. The average Bonchev–Trinajstić information content (AvgIpc) is 2.84. The summed E-state index contributed by atoms with van der Waals surface area (Å²) < 4.78 is 50.9. The molecule has 0 aromatic carbocycles. The molecule has 1 fully saturated rings. The van der Waals surface area contributed by atoms with E-state index in [1.807, 2.05) is 0 Å². The lowest BCUT2D eigenvalue weighted by Crippen LogP contribution is -2.35. The first kappa shape index (κ1) is 13.8. The summed E-state index contributed by atoms with van der Waals surface area (Å²) in [5.74, 6) is -3.53. The number of carbonyl (C=O) groups is 1. The molecule has 2 rings (SSSR count). The molecule has 0 bridgehead atoms. The summed E-state index contributed by atoms with van der Waals surface area (Å²) in [4.78, 5) is 11.6. The Morgan fingerprint density at radius 1 is 1.63 bits per heavy atom. The average molecular weight is 280 g/mol. The third-order valence-corrected chi connectivity index (χ3v) is 2.65. The Bertz CT molecular complexity index is 462. The summed E-state index contributed by atoms with van der Waals surface area (Å²) >= 11 is 0. The fourth-order valence-electron chi connectivity index (χ4n) is 1.80. The summed E-state index contributed by atoms with van der Waals surface area (Å²) in [6, 6.07) is -0.992. The number of alkyl halides is 4. The van der Waals surface area contributed by atoms with Gasteiger partial charge in [-0.05, 0) is 0 Å². The van der Waals surface area contributed by atoms with Crippen molar-refractivity contribution in [3.05, 3.63) is 12.4 Å². The van der Waals surface area contributed by atoms with Gasteiger partial charge in [-0.25, -0.2) is 17.6 Å². The van der Waals surface area contributed by atoms with Crippen LogP contribution in [0.15, 0.2) is 12.4 Å². The SMILES string of the molecule is O=C(Nc1cnn(CC(F)F)c1)C1CC(F)(F)CN1. The first-order valence-electron chi connectivity index (χ1n) is 5.58. The normalized spacial score (nSPS) is 21.8. The predicted octanol–water partition coefficient (Wildman–Crippen LogP) is 1.08. The van der Waals surface area contributed by atoms with Crippen molar-refractivity contribution in [3.63, 3.8) is 0 Å². The number of nitrogens with one attached hydrogen (secondary N) is 2. The van der Waals surface area contributed by atoms with E-state index in [1.165, 1.54) is 12.4 Å². The zero-order chi connectivity index (χ0) is 14.0. The maximum absolute atomic E-state index is 12.9. The number of carbonyl (C=O) groups excluding carboxylic acids is 1. The molecule has 1 saturated heterocycles. The highest BCUT2D eigenvalue weighted by Crippen LogP contribution is 2.25. The van der Waals surface area contributed by atoms with Crippen LogP contribution in [0, 0.1) is 0 Å². The van der Waals surface area contributed by atoms with E-state index in [9.17, 15) is 22.4 Å². The van der Waals surface area contributed by atoms with Crippen LogP contribution in [-0.4, -0.2) is 40.6 Å². The van der Waals surface area contributed by atoms with Crippen LogP contribution in [0.4, 0.5) is 23.2 Å². The molecule has 0 radical (unpaired) electrons. The first-order valence-corrected chi connectivity index (χ1v) is 5.58. The van der Waals surface area contributed by atoms with E-state index in [0.29, 0.717) is 0 Å². The first-order chi connectivity index (χ1) is 8.85. The van der Waals surface area contributed by atoms with Crippen molar-refractivity contribution in [1.29, 1.82) is 0 Å². The lowest BCUT2D eigenvalue weighted by Gasteiger charge is -2.09. The van der Waals surface area contributed by atoms with E-state index >= 15 is 0 Å². The molecule has 1 atom stereocenters. The van der Waals surface area contributed by atoms with Gasteiger partial charge in [-0.3, -0.25) is 14.8 Å². The van der Waals surface area contributed by atoms with E-state index in [-0.39, 0.29) is 5.69 Å². The quantitative estimate of drug-likeness (QED) is 0.812. The number of hydrogen-bond acceptors (Lipinski definition) is 3. The Morgan fingerprint density at radius 2 is 2.37 bits per heavy atom. The topological polar surface area (TPSA) is 59.0 Å². The molecular formula is C10H12F4N4O. The van der Waals surface area contributed by atoms with Crippen molar-refractivity contribution in [2.75, 3.05) is 11.9 Å². The smallest absolute Gasteiger partial charge is 0.262 e. The fourth-order valence-corrected chi connectivity index (χ4v) is 1.80. The van der Waals surface area contributed by atoms with Gasteiger partial charge in [0.05, 0.1) is 24.5 Å². The van der Waals surface area contributed by atoms with E-state index in [1.54, 1.807) is 0 Å². The van der Waals surface area contributed by atoms with Crippen LogP contribution >= 0.6 is 0 Å². The van der Waals surface area contributed by atoms with Gasteiger partial charge in [0.15, 0.2) is 0 Å². The van der Waals surface area contributed by atoms with Gasteiger partial charge in [0, 0.05) is 12.6 Å². The molecule has 1 amide bonds. The highest BCUT2D eigenvalue weighted by Gasteiger charge is 2.42. The van der Waals surface area contributed by atoms with Crippen molar-refractivity contribution in [3.8, 4) is 0 Å². The number of anilines is 1. The Balaban J connectivity index is 1.90. The van der Waals surface area contributed by atoms with Gasteiger partial charge in [0.1, 0.15) is 6.54 Å². The van der Waals surface area contributed by atoms with Gasteiger partial charge in [0.2, 0.25) is 5.91 Å². The molecule has 0 saturated carbocycles. The van der Waals surface area contributed by atoms with Crippen LogP contribution < -0.4 is 10.6 Å². The number of nitrogens with zero attached hydrogens (tertiary/aromatic N) is 2. The molecule has 106 valence electrons. The number of hydrogen-bond donors (Lipinski definition) is 2. The molecule has 1 aromatic heterocycles. The summed E-state index contributed by atoms with van der Waals surface area (Å²) in [5, 5.41) is 8.37. The molecule has 1 unspecified atom stereocenters. The minimum atomic E-state index is -2.90. The van der Waals surface area contributed by atoms with Crippen LogP contribution in [0.3, 0.4) is 0 Å². The zero-order valence-electron chi connectivity index (χ0n) is 9.75. The molecule has 1 aromatic rings. The van der Waals surface area contributed by atoms with Gasteiger partial charge in [-0.2, -0.15) is 5.10 Å². The lowest BCUT2D eigenvalue weighted by molar-refractivity contribution is -0.118. The molecule has 2 N–H and O–H groups in total. The third-order valence-electron chi connectivity index (χ3n) is 2.65. The van der Waals surface area contributed by atoms with Gasteiger partial charge in [0.25, 0.3) is 12.3 Å².